The van der Waals surface area contributed by atoms with Crippen molar-refractivity contribution in [2.45, 2.75) is 0 Å². The second kappa shape index (κ2) is 6.34. The Morgan fingerprint density at radius 1 is 0.739 bits per heavy atom. The molecule has 1 heterocycles. The Bertz CT molecular complexity index is 948. The number of hydrogen-bond acceptors (Lipinski definition) is 2. The number of aromatic nitrogens is 2. The van der Waals surface area contributed by atoms with Crippen molar-refractivity contribution in [3.8, 4) is 22.8 Å². The molecule has 4 aromatic rings. The van der Waals surface area contributed by atoms with Crippen LogP contribution in [0.25, 0.3) is 28.1 Å². The minimum absolute atomic E-state index is 0. The first-order valence-corrected chi connectivity index (χ1v) is 7.14. The number of imidazole rings is 1. The number of nitrogens with zero attached hydrogens (tertiary/aromatic N) is 2. The van der Waals surface area contributed by atoms with Crippen LogP contribution in [0, 0.1) is 0 Å². The van der Waals surface area contributed by atoms with Gasteiger partial charge in [0.1, 0.15) is 5.82 Å². The topological polar surface area (TPSA) is 40.9 Å². The van der Waals surface area contributed by atoms with Gasteiger partial charge in [0.15, 0.2) is 0 Å². The van der Waals surface area contributed by atoms with E-state index in [1.807, 2.05) is 71.3 Å². The second-order valence-electron chi connectivity index (χ2n) is 5.09. The molecular formula is C19H13LiN2O. The summed E-state index contributed by atoms with van der Waals surface area (Å²) in [4.78, 5) is 4.68. The molecule has 3 aromatic carbocycles. The summed E-state index contributed by atoms with van der Waals surface area (Å²) in [5.74, 6) is 0.660. The van der Waals surface area contributed by atoms with Crippen LogP contribution in [0.4, 0.5) is 0 Å². The SMILES string of the molecule is [Li+].[O-]c1ccccc1-c1nc2ccccc2n1-c1ccccc1. The molecule has 0 saturated heterocycles. The minimum atomic E-state index is -0.0185. The fourth-order valence-electron chi connectivity index (χ4n) is 2.70. The van der Waals surface area contributed by atoms with Gasteiger partial charge in [-0.3, -0.25) is 4.57 Å². The molecule has 0 atom stereocenters. The zero-order chi connectivity index (χ0) is 14.9. The average molecular weight is 292 g/mol. The molecule has 0 aliphatic rings. The van der Waals surface area contributed by atoms with Crippen molar-refractivity contribution in [2.75, 3.05) is 0 Å². The summed E-state index contributed by atoms with van der Waals surface area (Å²) in [6, 6.07) is 24.9. The molecule has 0 amide bonds. The zero-order valence-corrected chi connectivity index (χ0v) is 12.8. The molecule has 0 bridgehead atoms. The van der Waals surface area contributed by atoms with Crippen molar-refractivity contribution in [1.29, 1.82) is 0 Å². The molecule has 23 heavy (non-hydrogen) atoms. The summed E-state index contributed by atoms with van der Waals surface area (Å²) in [7, 11) is 0. The number of fused-ring (bicyclic) bond motifs is 1. The van der Waals surface area contributed by atoms with Crippen molar-refractivity contribution >= 4 is 11.0 Å². The molecule has 3 nitrogen and oxygen atoms in total. The van der Waals surface area contributed by atoms with E-state index in [4.69, 9.17) is 0 Å². The van der Waals surface area contributed by atoms with Crippen LogP contribution in [-0.2, 0) is 0 Å². The Kier molecular flexibility index (Phi) is 4.25. The van der Waals surface area contributed by atoms with Gasteiger partial charge in [-0.05, 0) is 24.3 Å². The van der Waals surface area contributed by atoms with Gasteiger partial charge in [0.2, 0.25) is 0 Å². The number of rotatable bonds is 2. The van der Waals surface area contributed by atoms with Crippen LogP contribution in [0.3, 0.4) is 0 Å². The van der Waals surface area contributed by atoms with Gasteiger partial charge in [0.05, 0.1) is 11.0 Å². The van der Waals surface area contributed by atoms with Crippen molar-refractivity contribution in [3.05, 3.63) is 78.9 Å². The molecule has 0 radical (unpaired) electrons. The van der Waals surface area contributed by atoms with Gasteiger partial charge in [0.25, 0.3) is 0 Å². The van der Waals surface area contributed by atoms with E-state index in [2.05, 4.69) is 4.98 Å². The smallest absolute Gasteiger partial charge is 0.872 e. The van der Waals surface area contributed by atoms with Crippen molar-refractivity contribution < 1.29 is 24.0 Å². The first kappa shape index (κ1) is 15.4. The maximum atomic E-state index is 12.2. The Morgan fingerprint density at radius 2 is 1.39 bits per heavy atom. The van der Waals surface area contributed by atoms with E-state index in [0.29, 0.717) is 11.4 Å². The van der Waals surface area contributed by atoms with E-state index >= 15 is 0 Å². The van der Waals surface area contributed by atoms with E-state index in [-0.39, 0.29) is 24.6 Å². The Balaban J connectivity index is 0.00000156. The molecular weight excluding hydrogens is 279 g/mol. The molecule has 4 heteroatoms. The third-order valence-corrected chi connectivity index (χ3v) is 3.70. The van der Waals surface area contributed by atoms with E-state index < -0.39 is 0 Å². The Labute approximate surface area is 146 Å². The molecule has 106 valence electrons. The monoisotopic (exact) mass is 292 g/mol. The van der Waals surface area contributed by atoms with Crippen LogP contribution in [0.1, 0.15) is 0 Å². The Hall–Kier alpha value is -2.47. The van der Waals surface area contributed by atoms with Crippen LogP contribution >= 0.6 is 0 Å². The molecule has 0 aliphatic carbocycles. The number of hydrogen-bond donors (Lipinski definition) is 0. The first-order valence-electron chi connectivity index (χ1n) is 7.14. The summed E-state index contributed by atoms with van der Waals surface area (Å²) in [5.41, 5.74) is 3.48. The quantitative estimate of drug-likeness (QED) is 0.512. The van der Waals surface area contributed by atoms with Crippen molar-refractivity contribution in [2.24, 2.45) is 0 Å². The van der Waals surface area contributed by atoms with Gasteiger partial charge >= 0.3 is 18.9 Å². The standard InChI is InChI=1S/C19H14N2O.Li/c22-18-13-7-4-10-15(18)19-20-16-11-5-6-12-17(16)21(19)14-8-2-1-3-9-14;/h1-13,22H;/q;+1/p-1. The van der Waals surface area contributed by atoms with E-state index in [9.17, 15) is 5.11 Å². The predicted molar refractivity (Wildman–Crippen MR) is 86.0 cm³/mol. The van der Waals surface area contributed by atoms with E-state index in [0.717, 1.165) is 16.7 Å². The summed E-state index contributed by atoms with van der Waals surface area (Å²) in [6.45, 7) is 0. The van der Waals surface area contributed by atoms with Crippen molar-refractivity contribution in [3.63, 3.8) is 0 Å². The fraction of sp³-hybridized carbons (Fsp3) is 0. The maximum absolute atomic E-state index is 12.2. The van der Waals surface area contributed by atoms with Gasteiger partial charge in [-0.1, -0.05) is 60.3 Å². The van der Waals surface area contributed by atoms with Gasteiger partial charge in [-0.2, -0.15) is 0 Å². The Morgan fingerprint density at radius 3 is 2.17 bits per heavy atom. The molecule has 4 rings (SSSR count). The number of benzene rings is 3. The average Bonchev–Trinajstić information content (AvgIpc) is 2.95. The van der Waals surface area contributed by atoms with Crippen LogP contribution in [0.5, 0.6) is 5.75 Å². The fourth-order valence-corrected chi connectivity index (χ4v) is 2.70. The van der Waals surface area contributed by atoms with Crippen LogP contribution < -0.4 is 24.0 Å². The summed E-state index contributed by atoms with van der Waals surface area (Å²) < 4.78 is 2.03. The molecule has 0 aliphatic heterocycles. The normalized spacial score (nSPS) is 10.4. The summed E-state index contributed by atoms with van der Waals surface area (Å²) in [5, 5.41) is 12.2. The van der Waals surface area contributed by atoms with Gasteiger partial charge in [0, 0.05) is 11.3 Å². The van der Waals surface area contributed by atoms with Crippen molar-refractivity contribution in [1.82, 2.24) is 9.55 Å². The number of para-hydroxylation sites is 4. The third kappa shape index (κ3) is 2.66. The predicted octanol–water partition coefficient (Wildman–Crippen LogP) is 0.770. The molecule has 0 spiro atoms. The van der Waals surface area contributed by atoms with E-state index in [1.165, 1.54) is 0 Å². The molecule has 1 aromatic heterocycles. The van der Waals surface area contributed by atoms with Gasteiger partial charge in [-0.25, -0.2) is 4.98 Å². The van der Waals surface area contributed by atoms with Crippen LogP contribution in [0.2, 0.25) is 0 Å². The summed E-state index contributed by atoms with van der Waals surface area (Å²) >= 11 is 0. The molecule has 0 unspecified atom stereocenters. The van der Waals surface area contributed by atoms with Crippen LogP contribution in [0.15, 0.2) is 78.9 Å². The largest absolute Gasteiger partial charge is 1.00 e. The maximum Gasteiger partial charge on any atom is 1.00 e. The van der Waals surface area contributed by atoms with Crippen LogP contribution in [-0.4, -0.2) is 9.55 Å². The van der Waals surface area contributed by atoms with E-state index in [1.54, 1.807) is 12.1 Å². The minimum Gasteiger partial charge on any atom is -0.872 e. The molecule has 0 N–H and O–H groups in total. The molecule has 0 fully saturated rings. The van der Waals surface area contributed by atoms with Gasteiger partial charge < -0.3 is 5.11 Å². The van der Waals surface area contributed by atoms with Gasteiger partial charge in [-0.15, -0.1) is 0 Å². The third-order valence-electron chi connectivity index (χ3n) is 3.70. The summed E-state index contributed by atoms with van der Waals surface area (Å²) in [6.07, 6.45) is 0. The molecule has 0 saturated carbocycles. The zero-order valence-electron chi connectivity index (χ0n) is 12.8. The first-order chi connectivity index (χ1) is 10.8. The second-order valence-corrected chi connectivity index (χ2v) is 5.09.